The number of alkyl halides is 2. The third-order valence-corrected chi connectivity index (χ3v) is 2.31. The van der Waals surface area contributed by atoms with Crippen molar-refractivity contribution in [2.75, 3.05) is 0 Å². The van der Waals surface area contributed by atoms with Crippen LogP contribution in [0.1, 0.15) is 22.5 Å². The Morgan fingerprint density at radius 2 is 2.14 bits per heavy atom. The molecule has 1 heterocycles. The molecule has 14 heavy (non-hydrogen) atoms. The molecule has 0 bridgehead atoms. The maximum atomic E-state index is 12.3. The molecule has 0 amide bonds. The highest BCUT2D eigenvalue weighted by molar-refractivity contribution is 9.10. The lowest BCUT2D eigenvalue weighted by molar-refractivity contribution is 0.107. The Hall–Kier alpha value is -0.750. The van der Waals surface area contributed by atoms with Gasteiger partial charge in [-0.15, -0.1) is 0 Å². The molecular weight excluding hydrogens is 283 g/mol. The van der Waals surface area contributed by atoms with Gasteiger partial charge in [-0.2, -0.15) is 0 Å². The van der Waals surface area contributed by atoms with E-state index in [4.69, 9.17) is 11.6 Å². The van der Waals surface area contributed by atoms with Crippen LogP contribution in [0.3, 0.4) is 0 Å². The van der Waals surface area contributed by atoms with E-state index in [-0.39, 0.29) is 10.2 Å². The predicted molar refractivity (Wildman–Crippen MR) is 49.9 cm³/mol. The highest BCUT2D eigenvalue weighted by Gasteiger charge is 2.18. The van der Waals surface area contributed by atoms with Crippen LogP contribution in [0.4, 0.5) is 8.78 Å². The van der Waals surface area contributed by atoms with Crippen LogP contribution in [-0.4, -0.2) is 10.2 Å². The summed E-state index contributed by atoms with van der Waals surface area (Å²) in [5.41, 5.74) is -1.97. The molecule has 0 aliphatic carbocycles. The van der Waals surface area contributed by atoms with E-state index in [1.54, 1.807) is 0 Å². The minimum atomic E-state index is -2.91. The number of carbonyl (C=O) groups is 1. The van der Waals surface area contributed by atoms with Crippen LogP contribution in [0.5, 0.6) is 0 Å². The fourth-order valence-corrected chi connectivity index (χ4v) is 1.53. The Bertz CT molecular complexity index is 432. The first-order chi connectivity index (χ1) is 6.43. The zero-order valence-electron chi connectivity index (χ0n) is 6.48. The fraction of sp³-hybridized carbons (Fsp3) is 0.143. The zero-order valence-corrected chi connectivity index (χ0v) is 8.82. The predicted octanol–water partition coefficient (Wildman–Crippen LogP) is 2.45. The molecule has 0 aliphatic rings. The third-order valence-electron chi connectivity index (χ3n) is 1.45. The fourth-order valence-electron chi connectivity index (χ4n) is 0.848. The largest absolute Gasteiger partial charge is 0.318 e. The van der Waals surface area contributed by atoms with Crippen LogP contribution in [-0.2, 0) is 0 Å². The van der Waals surface area contributed by atoms with Gasteiger partial charge in [0.2, 0.25) is 0 Å². The molecule has 0 fully saturated rings. The summed E-state index contributed by atoms with van der Waals surface area (Å²) in [6.45, 7) is 0. The Balaban J connectivity index is 3.40. The van der Waals surface area contributed by atoms with Crippen molar-refractivity contribution in [1.82, 2.24) is 4.98 Å². The van der Waals surface area contributed by atoms with Crippen molar-refractivity contribution in [1.29, 1.82) is 0 Å². The number of hydrogen-bond acceptors (Lipinski definition) is 2. The van der Waals surface area contributed by atoms with Gasteiger partial charge in [-0.05, 0) is 17.7 Å². The van der Waals surface area contributed by atoms with E-state index >= 15 is 0 Å². The molecule has 1 aromatic heterocycles. The van der Waals surface area contributed by atoms with E-state index in [9.17, 15) is 18.4 Å². The zero-order chi connectivity index (χ0) is 10.9. The van der Waals surface area contributed by atoms with Crippen LogP contribution < -0.4 is 5.56 Å². The molecule has 1 aromatic rings. The Morgan fingerprint density at radius 3 is 2.50 bits per heavy atom. The van der Waals surface area contributed by atoms with Crippen molar-refractivity contribution in [2.45, 2.75) is 6.43 Å². The monoisotopic (exact) mass is 285 g/mol. The lowest BCUT2D eigenvalue weighted by atomic mass is 10.2. The van der Waals surface area contributed by atoms with Gasteiger partial charge in [-0.3, -0.25) is 9.59 Å². The molecule has 76 valence electrons. The number of aromatic nitrogens is 1. The van der Waals surface area contributed by atoms with Gasteiger partial charge >= 0.3 is 0 Å². The average Bonchev–Trinajstić information content (AvgIpc) is 2.01. The van der Waals surface area contributed by atoms with Crippen LogP contribution in [0.2, 0.25) is 0 Å². The molecule has 0 aliphatic heterocycles. The number of H-pyrrole nitrogens is 1. The smallest absolute Gasteiger partial charge is 0.270 e. The summed E-state index contributed by atoms with van der Waals surface area (Å²) in [7, 11) is 0. The van der Waals surface area contributed by atoms with E-state index < -0.39 is 22.8 Å². The average molecular weight is 286 g/mol. The van der Waals surface area contributed by atoms with Gasteiger partial charge in [-0.1, -0.05) is 15.9 Å². The standard InChI is InChI=1S/C7H3BrClF2NO2/c8-2-1-3(5(9)13)12-7(14)4(2)6(10)11/h1,6H,(H,12,14). The van der Waals surface area contributed by atoms with Crippen molar-refractivity contribution in [2.24, 2.45) is 0 Å². The van der Waals surface area contributed by atoms with Gasteiger partial charge in [0.15, 0.2) is 0 Å². The van der Waals surface area contributed by atoms with E-state index in [0.717, 1.165) is 6.07 Å². The van der Waals surface area contributed by atoms with Crippen molar-refractivity contribution >= 4 is 32.8 Å². The number of carbonyl (C=O) groups excluding carboxylic acids is 1. The normalized spacial score (nSPS) is 10.6. The molecule has 0 saturated carbocycles. The molecule has 0 unspecified atom stereocenters. The van der Waals surface area contributed by atoms with E-state index in [1.807, 2.05) is 4.98 Å². The summed E-state index contributed by atoms with van der Waals surface area (Å²) in [6.07, 6.45) is -2.91. The second-order valence-corrected chi connectivity index (χ2v) is 3.55. The molecule has 0 radical (unpaired) electrons. The van der Waals surface area contributed by atoms with Gasteiger partial charge in [-0.25, -0.2) is 8.78 Å². The lowest BCUT2D eigenvalue weighted by Gasteiger charge is -2.02. The third kappa shape index (κ3) is 2.19. The van der Waals surface area contributed by atoms with Crippen molar-refractivity contribution < 1.29 is 13.6 Å². The number of nitrogens with one attached hydrogen (secondary N) is 1. The molecule has 0 atom stereocenters. The quantitative estimate of drug-likeness (QED) is 0.849. The minimum absolute atomic E-state index is 0.139. The summed E-state index contributed by atoms with van der Waals surface area (Å²) in [6, 6.07) is 1.04. The highest BCUT2D eigenvalue weighted by Crippen LogP contribution is 2.24. The highest BCUT2D eigenvalue weighted by atomic mass is 79.9. The first-order valence-electron chi connectivity index (χ1n) is 3.34. The van der Waals surface area contributed by atoms with Crippen LogP contribution in [0, 0.1) is 0 Å². The van der Waals surface area contributed by atoms with Gasteiger partial charge in [0.25, 0.3) is 17.2 Å². The number of pyridine rings is 1. The topological polar surface area (TPSA) is 49.9 Å². The molecular formula is C7H3BrClF2NO2. The van der Waals surface area contributed by atoms with Gasteiger partial charge in [0, 0.05) is 4.47 Å². The maximum Gasteiger partial charge on any atom is 0.270 e. The van der Waals surface area contributed by atoms with Crippen molar-refractivity contribution in [3.8, 4) is 0 Å². The first kappa shape index (κ1) is 11.3. The van der Waals surface area contributed by atoms with Gasteiger partial charge in [0.1, 0.15) is 5.69 Å². The summed E-state index contributed by atoms with van der Waals surface area (Å²) in [5, 5.41) is -0.913. The first-order valence-corrected chi connectivity index (χ1v) is 4.51. The molecule has 3 nitrogen and oxygen atoms in total. The lowest BCUT2D eigenvalue weighted by Crippen LogP contribution is -2.16. The summed E-state index contributed by atoms with van der Waals surface area (Å²) < 4.78 is 24.4. The summed E-state index contributed by atoms with van der Waals surface area (Å²) >= 11 is 7.82. The Morgan fingerprint density at radius 1 is 1.57 bits per heavy atom. The minimum Gasteiger partial charge on any atom is -0.318 e. The summed E-state index contributed by atoms with van der Waals surface area (Å²) in [4.78, 5) is 23.6. The van der Waals surface area contributed by atoms with E-state index in [2.05, 4.69) is 15.9 Å². The molecule has 0 saturated heterocycles. The Kier molecular flexibility index (Phi) is 3.38. The van der Waals surface area contributed by atoms with E-state index in [0.29, 0.717) is 0 Å². The van der Waals surface area contributed by atoms with E-state index in [1.165, 1.54) is 0 Å². The van der Waals surface area contributed by atoms with Crippen LogP contribution >= 0.6 is 27.5 Å². The molecule has 1 N–H and O–H groups in total. The molecule has 7 heteroatoms. The second kappa shape index (κ2) is 4.18. The SMILES string of the molecule is O=C(Cl)c1cc(Br)c(C(F)F)c(=O)[nH]1. The second-order valence-electron chi connectivity index (χ2n) is 2.35. The number of rotatable bonds is 2. The van der Waals surface area contributed by atoms with Crippen LogP contribution in [0.15, 0.2) is 15.3 Å². The van der Waals surface area contributed by atoms with Gasteiger partial charge < -0.3 is 4.98 Å². The maximum absolute atomic E-state index is 12.3. The summed E-state index contributed by atoms with van der Waals surface area (Å²) in [5.74, 6) is 0. The van der Waals surface area contributed by atoms with Crippen molar-refractivity contribution in [3.63, 3.8) is 0 Å². The number of aromatic amines is 1. The van der Waals surface area contributed by atoms with Crippen LogP contribution in [0.25, 0.3) is 0 Å². The Labute approximate surface area is 90.2 Å². The van der Waals surface area contributed by atoms with Gasteiger partial charge in [0.05, 0.1) is 5.56 Å². The molecule has 0 spiro atoms. The molecule has 1 rings (SSSR count). The molecule has 0 aromatic carbocycles. The number of halogens is 4. The number of hydrogen-bond donors (Lipinski definition) is 1. The van der Waals surface area contributed by atoms with Crippen molar-refractivity contribution in [3.05, 3.63) is 32.2 Å².